The van der Waals surface area contributed by atoms with Gasteiger partial charge in [0.1, 0.15) is 0 Å². The van der Waals surface area contributed by atoms with Gasteiger partial charge in [-0.1, -0.05) is 12.1 Å². The van der Waals surface area contributed by atoms with Crippen LogP contribution in [-0.2, 0) is 4.79 Å². The van der Waals surface area contributed by atoms with E-state index < -0.39 is 0 Å². The number of nitrogens with one attached hydrogen (secondary N) is 3. The van der Waals surface area contributed by atoms with Crippen LogP contribution in [0.2, 0.25) is 0 Å². The van der Waals surface area contributed by atoms with Gasteiger partial charge >= 0.3 is 0 Å². The zero-order valence-electron chi connectivity index (χ0n) is 11.7. The standard InChI is InChI=1S/C15H19N3O2.ClH/c19-14(10-7-8-16-9-10)18-13-4-2-1-3-12(13)15(20)17-11-5-6-11;/h1-4,10-11,16H,5-9H2,(H,17,20)(H,18,19);1H. The lowest BCUT2D eigenvalue weighted by molar-refractivity contribution is -0.119. The fourth-order valence-electron chi connectivity index (χ4n) is 2.39. The molecule has 5 nitrogen and oxygen atoms in total. The van der Waals surface area contributed by atoms with Crippen molar-refractivity contribution in [1.29, 1.82) is 0 Å². The Kier molecular flexibility index (Phi) is 5.20. The molecular weight excluding hydrogens is 290 g/mol. The molecule has 2 fully saturated rings. The Morgan fingerprint density at radius 2 is 1.90 bits per heavy atom. The summed E-state index contributed by atoms with van der Waals surface area (Å²) in [5.41, 5.74) is 1.14. The predicted molar refractivity (Wildman–Crippen MR) is 83.8 cm³/mol. The molecule has 3 N–H and O–H groups in total. The lowest BCUT2D eigenvalue weighted by Crippen LogP contribution is -2.29. The number of hydrogen-bond acceptors (Lipinski definition) is 3. The van der Waals surface area contributed by atoms with E-state index in [1.807, 2.05) is 12.1 Å². The fourth-order valence-corrected chi connectivity index (χ4v) is 2.39. The maximum absolute atomic E-state index is 12.1. The molecule has 3 rings (SSSR count). The number of carbonyl (C=O) groups excluding carboxylic acids is 2. The molecule has 1 aliphatic heterocycles. The molecule has 0 aromatic heterocycles. The van der Waals surface area contributed by atoms with Crippen LogP contribution in [-0.4, -0.2) is 30.9 Å². The zero-order valence-corrected chi connectivity index (χ0v) is 12.5. The summed E-state index contributed by atoms with van der Waals surface area (Å²) in [7, 11) is 0. The Balaban J connectivity index is 0.00000161. The van der Waals surface area contributed by atoms with Crippen LogP contribution in [0.4, 0.5) is 5.69 Å². The van der Waals surface area contributed by atoms with Crippen LogP contribution in [0.15, 0.2) is 24.3 Å². The molecule has 0 radical (unpaired) electrons. The summed E-state index contributed by atoms with van der Waals surface area (Å²) in [4.78, 5) is 24.3. The highest BCUT2D eigenvalue weighted by Gasteiger charge is 2.26. The Morgan fingerprint density at radius 1 is 1.14 bits per heavy atom. The van der Waals surface area contributed by atoms with Crippen molar-refractivity contribution in [2.24, 2.45) is 5.92 Å². The summed E-state index contributed by atoms with van der Waals surface area (Å²) in [6.07, 6.45) is 2.95. The minimum atomic E-state index is -0.104. The molecule has 21 heavy (non-hydrogen) atoms. The van der Waals surface area contributed by atoms with Gasteiger partial charge in [0.05, 0.1) is 17.2 Å². The van der Waals surface area contributed by atoms with Gasteiger partial charge in [0.15, 0.2) is 0 Å². The van der Waals surface area contributed by atoms with Crippen molar-refractivity contribution < 1.29 is 9.59 Å². The first kappa shape index (κ1) is 15.8. The van der Waals surface area contributed by atoms with E-state index in [1.54, 1.807) is 12.1 Å². The third-order valence-corrected chi connectivity index (χ3v) is 3.77. The van der Waals surface area contributed by atoms with E-state index in [-0.39, 0.29) is 30.1 Å². The maximum Gasteiger partial charge on any atom is 0.253 e. The van der Waals surface area contributed by atoms with Gasteiger partial charge in [-0.3, -0.25) is 9.59 Å². The summed E-state index contributed by atoms with van der Waals surface area (Å²) in [6, 6.07) is 7.48. The lowest BCUT2D eigenvalue weighted by Gasteiger charge is -2.13. The number of halogens is 1. The Bertz CT molecular complexity index is 525. The monoisotopic (exact) mass is 309 g/mol. The van der Waals surface area contributed by atoms with Crippen LogP contribution >= 0.6 is 12.4 Å². The average molecular weight is 310 g/mol. The van der Waals surface area contributed by atoms with Crippen molar-refractivity contribution >= 4 is 29.9 Å². The quantitative estimate of drug-likeness (QED) is 0.790. The van der Waals surface area contributed by atoms with Gasteiger partial charge in [-0.2, -0.15) is 0 Å². The van der Waals surface area contributed by atoms with Gasteiger partial charge in [-0.15, -0.1) is 12.4 Å². The Morgan fingerprint density at radius 3 is 2.57 bits per heavy atom. The molecular formula is C15H20ClN3O2. The minimum Gasteiger partial charge on any atom is -0.349 e. The summed E-state index contributed by atoms with van der Waals surface area (Å²) >= 11 is 0. The number of para-hydroxylation sites is 1. The highest BCUT2D eigenvalue weighted by molar-refractivity contribution is 6.04. The van der Waals surface area contributed by atoms with Gasteiger partial charge in [0.2, 0.25) is 5.91 Å². The van der Waals surface area contributed by atoms with Crippen LogP contribution in [0.5, 0.6) is 0 Å². The van der Waals surface area contributed by atoms with E-state index in [1.165, 1.54) is 0 Å². The molecule has 0 bridgehead atoms. The summed E-state index contributed by atoms with van der Waals surface area (Å²) in [6.45, 7) is 1.59. The summed E-state index contributed by atoms with van der Waals surface area (Å²) in [5.74, 6) is -0.121. The van der Waals surface area contributed by atoms with E-state index in [2.05, 4.69) is 16.0 Å². The van der Waals surface area contributed by atoms with Crippen LogP contribution in [0.3, 0.4) is 0 Å². The van der Waals surface area contributed by atoms with Crippen LogP contribution in [0.25, 0.3) is 0 Å². The maximum atomic E-state index is 12.1. The summed E-state index contributed by atoms with van der Waals surface area (Å²) in [5, 5.41) is 9.01. The molecule has 1 aromatic carbocycles. The van der Waals surface area contributed by atoms with Gasteiger partial charge in [0, 0.05) is 12.6 Å². The third kappa shape index (κ3) is 3.95. The van der Waals surface area contributed by atoms with Crippen molar-refractivity contribution in [2.45, 2.75) is 25.3 Å². The van der Waals surface area contributed by atoms with Crippen molar-refractivity contribution in [1.82, 2.24) is 10.6 Å². The third-order valence-electron chi connectivity index (χ3n) is 3.77. The number of rotatable bonds is 4. The predicted octanol–water partition coefficient (Wildman–Crippen LogP) is 1.55. The van der Waals surface area contributed by atoms with E-state index in [0.717, 1.165) is 25.8 Å². The number of anilines is 1. The van der Waals surface area contributed by atoms with E-state index >= 15 is 0 Å². The molecule has 1 heterocycles. The average Bonchev–Trinajstić information content (AvgIpc) is 3.08. The van der Waals surface area contributed by atoms with Gasteiger partial charge in [-0.25, -0.2) is 0 Å². The Labute approximate surface area is 130 Å². The first-order valence-electron chi connectivity index (χ1n) is 7.15. The number of amides is 2. The highest BCUT2D eigenvalue weighted by Crippen LogP contribution is 2.22. The normalized spacial score (nSPS) is 20.5. The molecule has 1 saturated heterocycles. The topological polar surface area (TPSA) is 70.2 Å². The minimum absolute atomic E-state index is 0. The number of carbonyl (C=O) groups is 2. The van der Waals surface area contributed by atoms with Gasteiger partial charge in [0.25, 0.3) is 5.91 Å². The highest BCUT2D eigenvalue weighted by atomic mass is 35.5. The Hall–Kier alpha value is -1.59. The van der Waals surface area contributed by atoms with Crippen LogP contribution < -0.4 is 16.0 Å². The first-order chi connectivity index (χ1) is 9.74. The largest absolute Gasteiger partial charge is 0.349 e. The van der Waals surface area contributed by atoms with Crippen molar-refractivity contribution in [2.75, 3.05) is 18.4 Å². The van der Waals surface area contributed by atoms with Gasteiger partial charge < -0.3 is 16.0 Å². The molecule has 1 unspecified atom stereocenters. The van der Waals surface area contributed by atoms with Crippen molar-refractivity contribution in [3.05, 3.63) is 29.8 Å². The van der Waals surface area contributed by atoms with E-state index in [0.29, 0.717) is 23.8 Å². The molecule has 1 saturated carbocycles. The zero-order chi connectivity index (χ0) is 13.9. The molecule has 0 spiro atoms. The van der Waals surface area contributed by atoms with Gasteiger partial charge in [-0.05, 0) is 37.9 Å². The van der Waals surface area contributed by atoms with Crippen molar-refractivity contribution in [3.63, 3.8) is 0 Å². The first-order valence-corrected chi connectivity index (χ1v) is 7.15. The molecule has 2 amide bonds. The second-order valence-electron chi connectivity index (χ2n) is 5.47. The molecule has 1 aliphatic carbocycles. The molecule has 6 heteroatoms. The second kappa shape index (κ2) is 6.91. The fraction of sp³-hybridized carbons (Fsp3) is 0.467. The molecule has 1 aromatic rings. The van der Waals surface area contributed by atoms with Crippen LogP contribution in [0, 0.1) is 5.92 Å². The summed E-state index contributed by atoms with van der Waals surface area (Å²) < 4.78 is 0. The molecule has 114 valence electrons. The SMILES string of the molecule is Cl.O=C(NC1CC1)c1ccccc1NC(=O)C1CCNC1. The number of benzene rings is 1. The van der Waals surface area contributed by atoms with Crippen molar-refractivity contribution in [3.8, 4) is 0 Å². The van der Waals surface area contributed by atoms with E-state index in [4.69, 9.17) is 0 Å². The smallest absolute Gasteiger partial charge is 0.253 e. The lowest BCUT2D eigenvalue weighted by atomic mass is 10.1. The molecule has 2 aliphatic rings. The number of hydrogen-bond donors (Lipinski definition) is 3. The molecule has 1 atom stereocenters. The van der Waals surface area contributed by atoms with Crippen LogP contribution in [0.1, 0.15) is 29.6 Å². The second-order valence-corrected chi connectivity index (χ2v) is 5.47. The van der Waals surface area contributed by atoms with E-state index in [9.17, 15) is 9.59 Å².